The number of benzene rings is 2. The molecule has 0 aliphatic heterocycles. The second-order valence-electron chi connectivity index (χ2n) is 3.89. The summed E-state index contributed by atoms with van der Waals surface area (Å²) in [5, 5.41) is 10.6. The van der Waals surface area contributed by atoms with E-state index in [0.717, 1.165) is 11.4 Å². The first-order chi connectivity index (χ1) is 8.59. The summed E-state index contributed by atoms with van der Waals surface area (Å²) >= 11 is 0. The van der Waals surface area contributed by atoms with Crippen molar-refractivity contribution in [3.8, 4) is 0 Å². The van der Waals surface area contributed by atoms with Crippen molar-refractivity contribution in [3.63, 3.8) is 0 Å². The third-order valence-electron chi connectivity index (χ3n) is 2.73. The average molecular weight is 243 g/mol. The number of non-ortho nitro benzene ring substituents is 1. The fraction of sp³-hybridized carbons (Fsp3) is 0.0769. The van der Waals surface area contributed by atoms with Crippen molar-refractivity contribution < 1.29 is 4.92 Å². The summed E-state index contributed by atoms with van der Waals surface area (Å²) in [6.45, 7) is 0. The molecule has 2 aromatic carbocycles. The topological polar surface area (TPSA) is 72.4 Å². The van der Waals surface area contributed by atoms with E-state index in [4.69, 9.17) is 5.73 Å². The maximum absolute atomic E-state index is 10.6. The Morgan fingerprint density at radius 1 is 1.17 bits per heavy atom. The van der Waals surface area contributed by atoms with Gasteiger partial charge in [-0.1, -0.05) is 18.2 Å². The molecule has 0 amide bonds. The number of hydrogen-bond acceptors (Lipinski definition) is 4. The molecule has 18 heavy (non-hydrogen) atoms. The molecule has 2 N–H and O–H groups in total. The number of nitrogens with two attached hydrogens (primary N) is 1. The van der Waals surface area contributed by atoms with Crippen molar-refractivity contribution in [1.29, 1.82) is 0 Å². The van der Waals surface area contributed by atoms with E-state index in [1.807, 2.05) is 42.3 Å². The second kappa shape index (κ2) is 4.75. The number of anilines is 3. The van der Waals surface area contributed by atoms with Crippen molar-refractivity contribution in [1.82, 2.24) is 0 Å². The van der Waals surface area contributed by atoms with Crippen LogP contribution in [0.4, 0.5) is 22.7 Å². The average Bonchev–Trinajstić information content (AvgIpc) is 2.38. The first-order valence-corrected chi connectivity index (χ1v) is 5.42. The minimum Gasteiger partial charge on any atom is -0.397 e. The Morgan fingerprint density at radius 2 is 1.83 bits per heavy atom. The zero-order chi connectivity index (χ0) is 13.1. The Hall–Kier alpha value is -2.56. The molecule has 0 radical (unpaired) electrons. The van der Waals surface area contributed by atoms with Crippen molar-refractivity contribution in [2.75, 3.05) is 17.7 Å². The first kappa shape index (κ1) is 11.9. The van der Waals surface area contributed by atoms with Crippen molar-refractivity contribution in [3.05, 3.63) is 58.6 Å². The second-order valence-corrected chi connectivity index (χ2v) is 3.89. The minimum absolute atomic E-state index is 0.00212. The normalized spacial score (nSPS) is 10.1. The number of hydrogen-bond donors (Lipinski definition) is 1. The first-order valence-electron chi connectivity index (χ1n) is 5.42. The van der Waals surface area contributed by atoms with Gasteiger partial charge < -0.3 is 10.6 Å². The van der Waals surface area contributed by atoms with Crippen LogP contribution in [0.3, 0.4) is 0 Å². The predicted molar refractivity (Wildman–Crippen MR) is 72.0 cm³/mol. The van der Waals surface area contributed by atoms with Gasteiger partial charge in [0.1, 0.15) is 0 Å². The molecular weight excluding hydrogens is 230 g/mol. The maximum Gasteiger partial charge on any atom is 0.271 e. The molecule has 0 fully saturated rings. The minimum atomic E-state index is -0.456. The fourth-order valence-corrected chi connectivity index (χ4v) is 1.75. The van der Waals surface area contributed by atoms with Crippen molar-refractivity contribution in [2.45, 2.75) is 0 Å². The highest BCUT2D eigenvalue weighted by Crippen LogP contribution is 2.31. The van der Waals surface area contributed by atoms with Gasteiger partial charge in [-0.15, -0.1) is 0 Å². The molecule has 2 rings (SSSR count). The monoisotopic (exact) mass is 243 g/mol. The van der Waals surface area contributed by atoms with Crippen LogP contribution in [0.5, 0.6) is 0 Å². The van der Waals surface area contributed by atoms with E-state index in [1.54, 1.807) is 6.07 Å². The van der Waals surface area contributed by atoms with E-state index in [-0.39, 0.29) is 5.69 Å². The van der Waals surface area contributed by atoms with Crippen LogP contribution in [0, 0.1) is 10.1 Å². The summed E-state index contributed by atoms with van der Waals surface area (Å²) < 4.78 is 0. The van der Waals surface area contributed by atoms with Crippen molar-refractivity contribution >= 4 is 22.7 Å². The molecule has 0 saturated carbocycles. The van der Waals surface area contributed by atoms with Gasteiger partial charge in [0, 0.05) is 24.9 Å². The highest BCUT2D eigenvalue weighted by molar-refractivity contribution is 5.76. The zero-order valence-corrected chi connectivity index (χ0v) is 9.91. The van der Waals surface area contributed by atoms with Crippen LogP contribution in [-0.2, 0) is 0 Å². The third kappa shape index (κ3) is 2.24. The van der Waals surface area contributed by atoms with Crippen LogP contribution in [0.2, 0.25) is 0 Å². The Balaban J connectivity index is 2.37. The van der Waals surface area contributed by atoms with Gasteiger partial charge in [0.25, 0.3) is 5.69 Å². The van der Waals surface area contributed by atoms with Gasteiger partial charge in [-0.3, -0.25) is 10.1 Å². The molecule has 5 heteroatoms. The molecular formula is C13H13N3O2. The van der Waals surface area contributed by atoms with E-state index in [9.17, 15) is 10.1 Å². The molecule has 0 atom stereocenters. The molecule has 0 saturated heterocycles. The number of nitro benzene ring substituents is 1. The van der Waals surface area contributed by atoms with Gasteiger partial charge in [-0.05, 0) is 18.2 Å². The van der Waals surface area contributed by atoms with Crippen LogP contribution >= 0.6 is 0 Å². The molecule has 92 valence electrons. The van der Waals surface area contributed by atoms with Crippen LogP contribution in [0.1, 0.15) is 0 Å². The van der Waals surface area contributed by atoms with Gasteiger partial charge in [0.15, 0.2) is 0 Å². The van der Waals surface area contributed by atoms with Gasteiger partial charge >= 0.3 is 0 Å². The molecule has 0 aliphatic rings. The summed E-state index contributed by atoms with van der Waals surface area (Å²) in [7, 11) is 1.87. The summed E-state index contributed by atoms with van der Waals surface area (Å²) in [5.74, 6) is 0. The SMILES string of the molecule is CN(c1ccccc1)c1ccc([N+](=O)[O-])cc1N. The summed E-state index contributed by atoms with van der Waals surface area (Å²) in [5.41, 5.74) is 7.95. The van der Waals surface area contributed by atoms with Gasteiger partial charge in [-0.25, -0.2) is 0 Å². The highest BCUT2D eigenvalue weighted by Gasteiger charge is 2.12. The van der Waals surface area contributed by atoms with E-state index >= 15 is 0 Å². The lowest BCUT2D eigenvalue weighted by Crippen LogP contribution is -2.11. The lowest BCUT2D eigenvalue weighted by Gasteiger charge is -2.20. The van der Waals surface area contributed by atoms with Crippen molar-refractivity contribution in [2.24, 2.45) is 0 Å². The zero-order valence-electron chi connectivity index (χ0n) is 9.91. The summed E-state index contributed by atoms with van der Waals surface area (Å²) in [6.07, 6.45) is 0. The van der Waals surface area contributed by atoms with Gasteiger partial charge in [-0.2, -0.15) is 0 Å². The van der Waals surface area contributed by atoms with E-state index in [1.165, 1.54) is 12.1 Å². The molecule has 0 aromatic heterocycles. The standard InChI is InChI=1S/C13H13N3O2/c1-15(10-5-3-2-4-6-10)13-8-7-11(16(17)18)9-12(13)14/h2-9H,14H2,1H3. The molecule has 2 aromatic rings. The van der Waals surface area contributed by atoms with Gasteiger partial charge in [0.2, 0.25) is 0 Å². The number of nitrogen functional groups attached to an aromatic ring is 1. The highest BCUT2D eigenvalue weighted by atomic mass is 16.6. The molecule has 0 aliphatic carbocycles. The predicted octanol–water partition coefficient (Wildman–Crippen LogP) is 2.94. The van der Waals surface area contributed by atoms with Crippen LogP contribution in [-0.4, -0.2) is 12.0 Å². The van der Waals surface area contributed by atoms with Gasteiger partial charge in [0.05, 0.1) is 16.3 Å². The lowest BCUT2D eigenvalue weighted by atomic mass is 10.2. The third-order valence-corrected chi connectivity index (χ3v) is 2.73. The van der Waals surface area contributed by atoms with Crippen LogP contribution in [0.15, 0.2) is 48.5 Å². The maximum atomic E-state index is 10.6. The molecule has 0 heterocycles. The lowest BCUT2D eigenvalue weighted by molar-refractivity contribution is -0.384. The van der Waals surface area contributed by atoms with E-state index in [0.29, 0.717) is 5.69 Å². The van der Waals surface area contributed by atoms with E-state index in [2.05, 4.69) is 0 Å². The molecule has 5 nitrogen and oxygen atoms in total. The van der Waals surface area contributed by atoms with Crippen LogP contribution < -0.4 is 10.6 Å². The number of para-hydroxylation sites is 1. The Bertz CT molecular complexity index is 570. The number of nitrogens with zero attached hydrogens (tertiary/aromatic N) is 2. The Kier molecular flexibility index (Phi) is 3.14. The quantitative estimate of drug-likeness (QED) is 0.511. The molecule has 0 unspecified atom stereocenters. The summed E-state index contributed by atoms with van der Waals surface area (Å²) in [6, 6.07) is 14.1. The smallest absolute Gasteiger partial charge is 0.271 e. The molecule has 0 bridgehead atoms. The largest absolute Gasteiger partial charge is 0.397 e. The number of rotatable bonds is 3. The van der Waals surface area contributed by atoms with Crippen LogP contribution in [0.25, 0.3) is 0 Å². The Labute approximate surface area is 105 Å². The fourth-order valence-electron chi connectivity index (χ4n) is 1.75. The number of nitro groups is 1. The summed E-state index contributed by atoms with van der Waals surface area (Å²) in [4.78, 5) is 12.1. The Morgan fingerprint density at radius 3 is 2.39 bits per heavy atom. The molecule has 0 spiro atoms. The van der Waals surface area contributed by atoms with E-state index < -0.39 is 4.92 Å².